The molecule has 0 aromatic heterocycles. The molecule has 0 aliphatic carbocycles. The van der Waals surface area contributed by atoms with Crippen molar-refractivity contribution in [3.63, 3.8) is 0 Å². The first-order chi connectivity index (χ1) is 18.4. The molecule has 0 bridgehead atoms. The van der Waals surface area contributed by atoms with E-state index in [1.807, 2.05) is 0 Å². The Morgan fingerprint density at radius 3 is 1.03 bits per heavy atom. The van der Waals surface area contributed by atoms with E-state index in [-0.39, 0.29) is 12.8 Å². The van der Waals surface area contributed by atoms with Crippen molar-refractivity contribution in [1.82, 2.24) is 0 Å². The molecule has 2 atom stereocenters. The van der Waals surface area contributed by atoms with Gasteiger partial charge in [-0.25, -0.2) is 0 Å². The third kappa shape index (κ3) is 24.7. The molecule has 0 aliphatic heterocycles. The first kappa shape index (κ1) is 36.4. The number of aliphatic carboxylic acids is 3. The lowest BCUT2D eigenvalue weighted by Gasteiger charge is -2.15. The molecule has 0 aromatic rings. The second kappa shape index (κ2) is 27.0. The molecular formula is C32H60O6. The van der Waals surface area contributed by atoms with Crippen LogP contribution in [0.3, 0.4) is 0 Å². The summed E-state index contributed by atoms with van der Waals surface area (Å²) in [5, 5.41) is 27.5. The van der Waals surface area contributed by atoms with E-state index < -0.39 is 29.7 Å². The first-order valence-electron chi connectivity index (χ1n) is 16.1. The summed E-state index contributed by atoms with van der Waals surface area (Å²) in [5.41, 5.74) is 0. The van der Waals surface area contributed by atoms with Crippen LogP contribution < -0.4 is 0 Å². The van der Waals surface area contributed by atoms with Crippen LogP contribution in [0.1, 0.15) is 174 Å². The summed E-state index contributed by atoms with van der Waals surface area (Å²) in [7, 11) is 0. The Labute approximate surface area is 233 Å². The first-order valence-corrected chi connectivity index (χ1v) is 16.1. The molecule has 0 heterocycles. The molecule has 0 amide bonds. The van der Waals surface area contributed by atoms with Crippen LogP contribution >= 0.6 is 0 Å². The van der Waals surface area contributed by atoms with E-state index in [1.54, 1.807) is 0 Å². The molecule has 0 fully saturated rings. The fourth-order valence-corrected chi connectivity index (χ4v) is 5.34. The second-order valence-electron chi connectivity index (χ2n) is 11.4. The fraction of sp³-hybridized carbons (Fsp3) is 0.906. The molecule has 0 aliphatic rings. The van der Waals surface area contributed by atoms with Crippen molar-refractivity contribution in [2.75, 3.05) is 0 Å². The van der Waals surface area contributed by atoms with Crippen LogP contribution in [0.5, 0.6) is 0 Å². The van der Waals surface area contributed by atoms with Gasteiger partial charge in [-0.3, -0.25) is 14.4 Å². The SMILES string of the molecule is CCCCCCCCCCCCCCCCCCCCCCC(CCCC(CCC(=O)O)C(=O)O)C(=O)O. The number of unbranched alkanes of at least 4 members (excludes halogenated alkanes) is 19. The van der Waals surface area contributed by atoms with Crippen molar-refractivity contribution < 1.29 is 29.7 Å². The maximum absolute atomic E-state index is 11.6. The fourth-order valence-electron chi connectivity index (χ4n) is 5.34. The van der Waals surface area contributed by atoms with Gasteiger partial charge in [0.2, 0.25) is 0 Å². The third-order valence-corrected chi connectivity index (χ3v) is 7.92. The molecule has 38 heavy (non-hydrogen) atoms. The maximum Gasteiger partial charge on any atom is 0.306 e. The number of rotatable bonds is 30. The van der Waals surface area contributed by atoms with Gasteiger partial charge in [0, 0.05) is 6.42 Å². The summed E-state index contributed by atoms with van der Waals surface area (Å²) in [6.07, 6.45) is 28.3. The predicted octanol–water partition coefficient (Wildman–Crippen LogP) is 9.64. The zero-order valence-corrected chi connectivity index (χ0v) is 24.6. The van der Waals surface area contributed by atoms with Crippen LogP contribution in [-0.2, 0) is 14.4 Å². The van der Waals surface area contributed by atoms with Crippen molar-refractivity contribution in [2.45, 2.75) is 174 Å². The minimum absolute atomic E-state index is 0.0990. The quantitative estimate of drug-likeness (QED) is 0.0782. The van der Waals surface area contributed by atoms with Crippen LogP contribution in [0.2, 0.25) is 0 Å². The van der Waals surface area contributed by atoms with E-state index in [0.29, 0.717) is 25.7 Å². The van der Waals surface area contributed by atoms with Crippen LogP contribution in [-0.4, -0.2) is 33.2 Å². The van der Waals surface area contributed by atoms with Crippen molar-refractivity contribution in [3.8, 4) is 0 Å². The number of carbonyl (C=O) groups is 3. The van der Waals surface area contributed by atoms with Gasteiger partial charge in [-0.1, -0.05) is 142 Å². The van der Waals surface area contributed by atoms with Gasteiger partial charge in [0.1, 0.15) is 0 Å². The minimum atomic E-state index is -1.00. The zero-order valence-electron chi connectivity index (χ0n) is 24.6. The van der Waals surface area contributed by atoms with Crippen LogP contribution in [0, 0.1) is 11.8 Å². The van der Waals surface area contributed by atoms with E-state index in [0.717, 1.165) is 19.3 Å². The molecule has 0 rings (SSSR count). The normalized spacial score (nSPS) is 12.9. The zero-order chi connectivity index (χ0) is 28.3. The number of hydrogen-bond acceptors (Lipinski definition) is 3. The molecule has 224 valence electrons. The van der Waals surface area contributed by atoms with Crippen molar-refractivity contribution >= 4 is 17.9 Å². The summed E-state index contributed by atoms with van der Waals surface area (Å²) in [4.78, 5) is 33.5. The highest BCUT2D eigenvalue weighted by Crippen LogP contribution is 2.22. The minimum Gasteiger partial charge on any atom is -0.481 e. The Bertz CT molecular complexity index is 576. The van der Waals surface area contributed by atoms with Gasteiger partial charge in [-0.2, -0.15) is 0 Å². The van der Waals surface area contributed by atoms with Gasteiger partial charge >= 0.3 is 17.9 Å². The Balaban J connectivity index is 3.56. The van der Waals surface area contributed by atoms with E-state index >= 15 is 0 Å². The Kier molecular flexibility index (Phi) is 25.9. The summed E-state index contributed by atoms with van der Waals surface area (Å²) >= 11 is 0. The summed E-state index contributed by atoms with van der Waals surface area (Å²) in [5.74, 6) is -3.94. The van der Waals surface area contributed by atoms with Crippen LogP contribution in [0.25, 0.3) is 0 Å². The smallest absolute Gasteiger partial charge is 0.306 e. The molecule has 0 saturated carbocycles. The predicted molar refractivity (Wildman–Crippen MR) is 156 cm³/mol. The summed E-state index contributed by atoms with van der Waals surface area (Å²) in [6.45, 7) is 2.27. The van der Waals surface area contributed by atoms with E-state index in [2.05, 4.69) is 6.92 Å². The molecule has 2 unspecified atom stereocenters. The molecular weight excluding hydrogens is 480 g/mol. The average molecular weight is 541 g/mol. The highest BCUT2D eigenvalue weighted by atomic mass is 16.4. The van der Waals surface area contributed by atoms with Crippen molar-refractivity contribution in [1.29, 1.82) is 0 Å². The topological polar surface area (TPSA) is 112 Å². The standard InChI is InChI=1S/C32H60O6/c1-2-3-4-5-6-7-8-9-10-11-12-13-14-15-16-17-18-19-20-21-23-28(31(35)36)24-22-25-29(32(37)38)26-27-30(33)34/h28-29H,2-27H2,1H3,(H,33,34)(H,35,36)(H,37,38). The molecule has 6 heteroatoms. The van der Waals surface area contributed by atoms with E-state index in [9.17, 15) is 24.6 Å². The molecule has 0 aromatic carbocycles. The number of carboxylic acid groups (broad SMARTS) is 3. The molecule has 0 saturated heterocycles. The highest BCUT2D eigenvalue weighted by Gasteiger charge is 2.21. The van der Waals surface area contributed by atoms with Gasteiger partial charge < -0.3 is 15.3 Å². The van der Waals surface area contributed by atoms with Crippen molar-refractivity contribution in [2.24, 2.45) is 11.8 Å². The van der Waals surface area contributed by atoms with E-state index in [4.69, 9.17) is 5.11 Å². The van der Waals surface area contributed by atoms with Crippen LogP contribution in [0.15, 0.2) is 0 Å². The monoisotopic (exact) mass is 540 g/mol. The summed E-state index contributed by atoms with van der Waals surface area (Å²) < 4.78 is 0. The van der Waals surface area contributed by atoms with Gasteiger partial charge in [0.25, 0.3) is 0 Å². The molecule has 0 radical (unpaired) electrons. The molecule has 6 nitrogen and oxygen atoms in total. The Morgan fingerprint density at radius 1 is 0.421 bits per heavy atom. The Morgan fingerprint density at radius 2 is 0.711 bits per heavy atom. The van der Waals surface area contributed by atoms with Gasteiger partial charge in [0.15, 0.2) is 0 Å². The lowest BCUT2D eigenvalue weighted by atomic mass is 9.91. The van der Waals surface area contributed by atoms with Crippen LogP contribution in [0.4, 0.5) is 0 Å². The van der Waals surface area contributed by atoms with Gasteiger partial charge in [-0.15, -0.1) is 0 Å². The number of hydrogen-bond donors (Lipinski definition) is 3. The maximum atomic E-state index is 11.6. The van der Waals surface area contributed by atoms with Gasteiger partial charge in [0.05, 0.1) is 11.8 Å². The molecule has 3 N–H and O–H groups in total. The third-order valence-electron chi connectivity index (χ3n) is 7.92. The highest BCUT2D eigenvalue weighted by molar-refractivity contribution is 5.72. The average Bonchev–Trinajstić information content (AvgIpc) is 2.87. The summed E-state index contributed by atoms with van der Waals surface area (Å²) in [6, 6.07) is 0. The van der Waals surface area contributed by atoms with Crippen molar-refractivity contribution in [3.05, 3.63) is 0 Å². The van der Waals surface area contributed by atoms with E-state index in [1.165, 1.54) is 109 Å². The lowest BCUT2D eigenvalue weighted by molar-refractivity contribution is -0.143. The lowest BCUT2D eigenvalue weighted by Crippen LogP contribution is -2.17. The second-order valence-corrected chi connectivity index (χ2v) is 11.4. The molecule has 0 spiro atoms. The largest absolute Gasteiger partial charge is 0.481 e. The van der Waals surface area contributed by atoms with Gasteiger partial charge in [-0.05, 0) is 25.7 Å². The number of carboxylic acids is 3. The Hall–Kier alpha value is -1.59.